The summed E-state index contributed by atoms with van der Waals surface area (Å²) in [6, 6.07) is 5.08. The van der Waals surface area contributed by atoms with Gasteiger partial charge in [-0.25, -0.2) is 0 Å². The van der Waals surface area contributed by atoms with Crippen molar-refractivity contribution >= 4 is 40.4 Å². The third-order valence-electron chi connectivity index (χ3n) is 7.64. The van der Waals surface area contributed by atoms with Crippen LogP contribution in [0, 0.1) is 17.3 Å². The fraction of sp³-hybridized carbons (Fsp3) is 0.552. The maximum Gasteiger partial charge on any atom is 0.312 e. The van der Waals surface area contributed by atoms with Crippen LogP contribution in [0.5, 0.6) is 5.75 Å². The van der Waals surface area contributed by atoms with Gasteiger partial charge in [-0.1, -0.05) is 19.9 Å². The minimum Gasteiger partial charge on any atom is -0.496 e. The molecule has 1 saturated heterocycles. The Bertz CT molecular complexity index is 1300. The molecule has 0 spiro atoms. The molecule has 2 aromatic rings. The van der Waals surface area contributed by atoms with Crippen LogP contribution in [-0.2, 0) is 23.9 Å². The number of amides is 3. The Labute approximate surface area is 233 Å². The number of ketones is 1. The lowest BCUT2D eigenvalue weighted by atomic mass is 9.95. The first-order valence-corrected chi connectivity index (χ1v) is 13.8. The van der Waals surface area contributed by atoms with E-state index in [1.807, 2.05) is 19.9 Å². The molecule has 0 radical (unpaired) electrons. The van der Waals surface area contributed by atoms with Gasteiger partial charge in [0.15, 0.2) is 12.4 Å². The summed E-state index contributed by atoms with van der Waals surface area (Å²) in [5, 5.41) is 9.01. The van der Waals surface area contributed by atoms with Crippen LogP contribution in [0.3, 0.4) is 0 Å². The number of esters is 1. The molecule has 11 nitrogen and oxygen atoms in total. The van der Waals surface area contributed by atoms with Crippen LogP contribution in [0.25, 0.3) is 10.9 Å². The molecule has 1 aromatic carbocycles. The van der Waals surface area contributed by atoms with E-state index in [4.69, 9.17) is 9.47 Å². The van der Waals surface area contributed by atoms with E-state index in [9.17, 15) is 24.0 Å². The number of carbonyl (C=O) groups excluding carboxylic acids is 5. The first-order chi connectivity index (χ1) is 19.0. The van der Waals surface area contributed by atoms with E-state index in [0.717, 1.165) is 5.39 Å². The zero-order valence-corrected chi connectivity index (χ0v) is 23.4. The summed E-state index contributed by atoms with van der Waals surface area (Å²) < 4.78 is 10.6. The number of benzene rings is 1. The number of rotatable bonds is 13. The molecule has 1 aliphatic carbocycles. The number of aromatic nitrogens is 1. The number of carbonyl (C=O) groups is 5. The fourth-order valence-electron chi connectivity index (χ4n) is 4.87. The van der Waals surface area contributed by atoms with E-state index in [0.29, 0.717) is 43.5 Å². The van der Waals surface area contributed by atoms with Crippen molar-refractivity contribution in [1.29, 1.82) is 0 Å². The van der Waals surface area contributed by atoms with Crippen molar-refractivity contribution < 1.29 is 33.4 Å². The van der Waals surface area contributed by atoms with Gasteiger partial charge in [-0.3, -0.25) is 24.0 Å². The second kappa shape index (κ2) is 12.1. The van der Waals surface area contributed by atoms with Gasteiger partial charge in [0, 0.05) is 23.4 Å². The summed E-state index contributed by atoms with van der Waals surface area (Å²) in [7, 11) is 1.55. The Morgan fingerprint density at radius 1 is 1.12 bits per heavy atom. The van der Waals surface area contributed by atoms with E-state index >= 15 is 0 Å². The number of hydrogen-bond donors (Lipinski definition) is 4. The highest BCUT2D eigenvalue weighted by molar-refractivity contribution is 6.02. The number of ether oxygens (including phenoxy) is 2. The molecular formula is C29H38N4O7. The number of nitrogens with one attached hydrogen (secondary N) is 4. The van der Waals surface area contributed by atoms with Gasteiger partial charge >= 0.3 is 5.97 Å². The standard InChI is InChI=1S/C29H38N4O7/c1-16(2)12-21(33-27(37)22-14-18-19(31-22)6-5-7-24(18)39-4)26(36)32-20(13-17-8-11-30-25(17)35)23(34)15-40-28(38)29(3)9-10-29/h5-7,14,16-17,20-21,31H,8-13,15H2,1-4H3,(H,30,35)(H,32,36)(H,33,37)/t17-,20-,21-/m0/s1. The molecular weight excluding hydrogens is 516 g/mol. The quantitative estimate of drug-likeness (QED) is 0.277. The van der Waals surface area contributed by atoms with E-state index in [1.54, 1.807) is 32.2 Å². The van der Waals surface area contributed by atoms with Crippen molar-refractivity contribution in [3.63, 3.8) is 0 Å². The van der Waals surface area contributed by atoms with Gasteiger partial charge in [0.25, 0.3) is 5.91 Å². The topological polar surface area (TPSA) is 156 Å². The molecule has 1 aliphatic heterocycles. The third kappa shape index (κ3) is 6.81. The van der Waals surface area contributed by atoms with Crippen molar-refractivity contribution in [3.8, 4) is 5.75 Å². The van der Waals surface area contributed by atoms with Gasteiger partial charge < -0.3 is 30.4 Å². The second-order valence-corrected chi connectivity index (χ2v) is 11.4. The normalized spacial score (nSPS) is 19.0. The van der Waals surface area contributed by atoms with E-state index in [-0.39, 0.29) is 23.9 Å². The molecule has 3 amide bonds. The Balaban J connectivity index is 1.47. The van der Waals surface area contributed by atoms with Crippen LogP contribution in [0.15, 0.2) is 24.3 Å². The van der Waals surface area contributed by atoms with Crippen LogP contribution in [0.2, 0.25) is 0 Å². The van der Waals surface area contributed by atoms with Gasteiger partial charge in [-0.15, -0.1) is 0 Å². The maximum atomic E-state index is 13.5. The number of aromatic amines is 1. The van der Waals surface area contributed by atoms with Gasteiger partial charge in [-0.05, 0) is 63.1 Å². The van der Waals surface area contributed by atoms with Crippen LogP contribution in [-0.4, -0.2) is 66.8 Å². The average molecular weight is 555 g/mol. The average Bonchev–Trinajstić information content (AvgIpc) is 3.31. The number of H-pyrrole nitrogens is 1. The molecule has 2 heterocycles. The minimum atomic E-state index is -1.05. The van der Waals surface area contributed by atoms with Crippen molar-refractivity contribution in [2.24, 2.45) is 17.3 Å². The molecule has 2 fully saturated rings. The van der Waals surface area contributed by atoms with Crippen LogP contribution in [0.4, 0.5) is 0 Å². The lowest BCUT2D eigenvalue weighted by Gasteiger charge is -2.25. The van der Waals surface area contributed by atoms with Gasteiger partial charge in [0.05, 0.1) is 18.6 Å². The molecule has 4 rings (SSSR count). The fourth-order valence-corrected chi connectivity index (χ4v) is 4.87. The maximum absolute atomic E-state index is 13.5. The monoisotopic (exact) mass is 554 g/mol. The van der Waals surface area contributed by atoms with Gasteiger partial charge in [0.2, 0.25) is 11.8 Å². The third-order valence-corrected chi connectivity index (χ3v) is 7.64. The zero-order chi connectivity index (χ0) is 29.0. The summed E-state index contributed by atoms with van der Waals surface area (Å²) in [5.74, 6) is -1.95. The Kier molecular flexibility index (Phi) is 8.80. The zero-order valence-electron chi connectivity index (χ0n) is 23.4. The van der Waals surface area contributed by atoms with Crippen molar-refractivity contribution in [3.05, 3.63) is 30.0 Å². The Morgan fingerprint density at radius 3 is 2.50 bits per heavy atom. The largest absolute Gasteiger partial charge is 0.496 e. The highest BCUT2D eigenvalue weighted by Gasteiger charge is 2.47. The summed E-state index contributed by atoms with van der Waals surface area (Å²) >= 11 is 0. The van der Waals surface area contributed by atoms with E-state index in [2.05, 4.69) is 20.9 Å². The van der Waals surface area contributed by atoms with Crippen molar-refractivity contribution in [2.75, 3.05) is 20.3 Å². The predicted octanol–water partition coefficient (Wildman–Crippen LogP) is 2.24. The smallest absolute Gasteiger partial charge is 0.312 e. The first-order valence-electron chi connectivity index (χ1n) is 13.8. The molecule has 3 atom stereocenters. The summed E-state index contributed by atoms with van der Waals surface area (Å²) in [5.41, 5.74) is 0.421. The van der Waals surface area contributed by atoms with Crippen LogP contribution < -0.4 is 20.7 Å². The van der Waals surface area contributed by atoms with Crippen molar-refractivity contribution in [2.45, 2.75) is 65.0 Å². The second-order valence-electron chi connectivity index (χ2n) is 11.4. The first kappa shape index (κ1) is 29.1. The van der Waals surface area contributed by atoms with E-state index in [1.165, 1.54) is 0 Å². The summed E-state index contributed by atoms with van der Waals surface area (Å²) in [6.07, 6.45) is 2.35. The van der Waals surface area contributed by atoms with Gasteiger partial charge in [-0.2, -0.15) is 0 Å². The lowest BCUT2D eigenvalue weighted by Crippen LogP contribution is -2.53. The molecule has 1 saturated carbocycles. The molecule has 0 unspecified atom stereocenters. The lowest BCUT2D eigenvalue weighted by molar-refractivity contribution is -0.153. The molecule has 4 N–H and O–H groups in total. The number of methoxy groups -OCH3 is 1. The van der Waals surface area contributed by atoms with E-state index < -0.39 is 53.6 Å². The van der Waals surface area contributed by atoms with Gasteiger partial charge in [0.1, 0.15) is 17.5 Å². The predicted molar refractivity (Wildman–Crippen MR) is 147 cm³/mol. The Hall–Kier alpha value is -3.89. The Morgan fingerprint density at radius 2 is 1.88 bits per heavy atom. The molecule has 2 aliphatic rings. The number of fused-ring (bicyclic) bond motifs is 1. The molecule has 0 bridgehead atoms. The van der Waals surface area contributed by atoms with Crippen LogP contribution in [0.1, 0.15) is 63.4 Å². The van der Waals surface area contributed by atoms with Crippen molar-refractivity contribution in [1.82, 2.24) is 20.9 Å². The highest BCUT2D eigenvalue weighted by Crippen LogP contribution is 2.45. The molecule has 11 heteroatoms. The number of hydrogen-bond acceptors (Lipinski definition) is 7. The SMILES string of the molecule is COc1cccc2[nH]c(C(=O)N[C@@H](CC(C)C)C(=O)N[C@@H](C[C@@H]3CCNC3=O)C(=O)COC(=O)C3(C)CC3)cc12. The molecule has 40 heavy (non-hydrogen) atoms. The van der Waals surface area contributed by atoms with Crippen LogP contribution >= 0.6 is 0 Å². The summed E-state index contributed by atoms with van der Waals surface area (Å²) in [6.45, 7) is 5.62. The molecule has 1 aromatic heterocycles. The summed E-state index contributed by atoms with van der Waals surface area (Å²) in [4.78, 5) is 67.4. The highest BCUT2D eigenvalue weighted by atomic mass is 16.5. The minimum absolute atomic E-state index is 0.0499. The molecule has 216 valence electrons. The number of Topliss-reactive ketones (excluding diaryl/α,β-unsaturated/α-hetero) is 1.